The Labute approximate surface area is 104 Å². The van der Waals surface area contributed by atoms with Gasteiger partial charge in [-0.15, -0.1) is 0 Å². The molecule has 2 aliphatic rings. The van der Waals surface area contributed by atoms with Gasteiger partial charge in [0.05, 0.1) is 0 Å². The number of hydrogen-bond acceptors (Lipinski definition) is 0. The Kier molecular flexibility index (Phi) is 2.43. The average Bonchev–Trinajstić information content (AvgIpc) is 2.28. The number of benzene rings is 1. The van der Waals surface area contributed by atoms with E-state index in [1.54, 1.807) is 5.57 Å². The standard InChI is InChI=1S/C14H13I/c15-12-7-8-14-11(9-12)6-5-10-3-1-2-4-13(10)14/h1-4,7-8,11H,5-6,9H2. The van der Waals surface area contributed by atoms with Crippen LogP contribution in [0.1, 0.15) is 24.0 Å². The van der Waals surface area contributed by atoms with E-state index in [1.807, 2.05) is 0 Å². The molecule has 3 rings (SSSR count). The number of aryl methyl sites for hydroxylation is 1. The Hall–Kier alpha value is -0.570. The van der Waals surface area contributed by atoms with Gasteiger partial charge in [0, 0.05) is 0 Å². The van der Waals surface area contributed by atoms with Crippen LogP contribution >= 0.6 is 22.6 Å². The Balaban J connectivity index is 2.12. The van der Waals surface area contributed by atoms with Gasteiger partial charge in [0.25, 0.3) is 0 Å². The number of halogens is 1. The second-order valence-electron chi connectivity index (χ2n) is 4.33. The van der Waals surface area contributed by atoms with Gasteiger partial charge in [-0.25, -0.2) is 0 Å². The lowest BCUT2D eigenvalue weighted by molar-refractivity contribution is 0.591. The zero-order chi connectivity index (χ0) is 10.3. The van der Waals surface area contributed by atoms with Gasteiger partial charge in [-0.05, 0) is 68.1 Å². The van der Waals surface area contributed by atoms with Gasteiger partial charge < -0.3 is 0 Å². The van der Waals surface area contributed by atoms with E-state index in [2.05, 4.69) is 59.0 Å². The highest BCUT2D eigenvalue weighted by Crippen LogP contribution is 2.42. The van der Waals surface area contributed by atoms with Crippen LogP contribution in [-0.2, 0) is 6.42 Å². The summed E-state index contributed by atoms with van der Waals surface area (Å²) in [6.45, 7) is 0. The molecule has 0 heterocycles. The molecule has 76 valence electrons. The van der Waals surface area contributed by atoms with Crippen molar-refractivity contribution in [3.63, 3.8) is 0 Å². The summed E-state index contributed by atoms with van der Waals surface area (Å²) in [5.41, 5.74) is 4.59. The molecule has 1 unspecified atom stereocenters. The molecular formula is C14H13I. The summed E-state index contributed by atoms with van der Waals surface area (Å²) in [5, 5.41) is 0. The Morgan fingerprint density at radius 2 is 2.00 bits per heavy atom. The molecule has 0 aromatic heterocycles. The Bertz CT molecular complexity index is 454. The third-order valence-electron chi connectivity index (χ3n) is 3.42. The molecule has 0 N–H and O–H groups in total. The van der Waals surface area contributed by atoms with E-state index in [-0.39, 0.29) is 0 Å². The summed E-state index contributed by atoms with van der Waals surface area (Å²) in [5.74, 6) is 0.775. The molecule has 0 aliphatic heterocycles. The molecule has 1 atom stereocenters. The fourth-order valence-corrected chi connectivity index (χ4v) is 3.36. The van der Waals surface area contributed by atoms with Crippen LogP contribution < -0.4 is 0 Å². The fourth-order valence-electron chi connectivity index (χ4n) is 2.65. The Morgan fingerprint density at radius 1 is 1.13 bits per heavy atom. The third kappa shape index (κ3) is 1.67. The van der Waals surface area contributed by atoms with Gasteiger partial charge in [0.15, 0.2) is 0 Å². The fraction of sp³-hybridized carbons (Fsp3) is 0.286. The lowest BCUT2D eigenvalue weighted by Crippen LogP contribution is -2.14. The van der Waals surface area contributed by atoms with Crippen molar-refractivity contribution in [3.8, 4) is 0 Å². The molecule has 0 radical (unpaired) electrons. The second kappa shape index (κ2) is 3.78. The summed E-state index contributed by atoms with van der Waals surface area (Å²) >= 11 is 2.46. The maximum absolute atomic E-state index is 2.46. The van der Waals surface area contributed by atoms with Crippen molar-refractivity contribution in [3.05, 3.63) is 51.1 Å². The van der Waals surface area contributed by atoms with Crippen molar-refractivity contribution in [2.24, 2.45) is 5.92 Å². The molecule has 2 aliphatic carbocycles. The van der Waals surface area contributed by atoms with Crippen molar-refractivity contribution in [2.75, 3.05) is 0 Å². The van der Waals surface area contributed by atoms with Crippen molar-refractivity contribution < 1.29 is 0 Å². The maximum Gasteiger partial charge on any atom is -0.00879 e. The van der Waals surface area contributed by atoms with Crippen molar-refractivity contribution in [1.82, 2.24) is 0 Å². The average molecular weight is 308 g/mol. The van der Waals surface area contributed by atoms with Gasteiger partial charge >= 0.3 is 0 Å². The first-order valence-electron chi connectivity index (χ1n) is 5.49. The van der Waals surface area contributed by atoms with Crippen LogP contribution in [0.15, 0.2) is 40.0 Å². The minimum atomic E-state index is 0.775. The summed E-state index contributed by atoms with van der Waals surface area (Å²) < 4.78 is 1.50. The van der Waals surface area contributed by atoms with Crippen LogP contribution in [0.5, 0.6) is 0 Å². The van der Waals surface area contributed by atoms with E-state index in [0.717, 1.165) is 5.92 Å². The number of rotatable bonds is 0. The first-order valence-corrected chi connectivity index (χ1v) is 6.57. The van der Waals surface area contributed by atoms with Crippen LogP contribution in [-0.4, -0.2) is 0 Å². The van der Waals surface area contributed by atoms with E-state index >= 15 is 0 Å². The molecule has 1 heteroatoms. The monoisotopic (exact) mass is 308 g/mol. The SMILES string of the molecule is IC1=CC=C2c3ccccc3CCC2C1. The molecule has 1 aromatic carbocycles. The molecule has 0 bridgehead atoms. The largest absolute Gasteiger partial charge is 0.0620 e. The number of fused-ring (bicyclic) bond motifs is 3. The minimum Gasteiger partial charge on any atom is -0.0620 e. The predicted octanol–water partition coefficient (Wildman–Crippen LogP) is 4.36. The Morgan fingerprint density at radius 3 is 2.93 bits per heavy atom. The van der Waals surface area contributed by atoms with Crippen LogP contribution in [0.3, 0.4) is 0 Å². The van der Waals surface area contributed by atoms with Gasteiger partial charge in [-0.1, -0.05) is 36.4 Å². The third-order valence-corrected chi connectivity index (χ3v) is 4.22. The van der Waals surface area contributed by atoms with Crippen LogP contribution in [0.4, 0.5) is 0 Å². The van der Waals surface area contributed by atoms with Gasteiger partial charge in [-0.2, -0.15) is 0 Å². The molecule has 0 amide bonds. The molecule has 0 fully saturated rings. The molecule has 0 saturated carbocycles. The van der Waals surface area contributed by atoms with Gasteiger partial charge in [-0.3, -0.25) is 0 Å². The zero-order valence-electron chi connectivity index (χ0n) is 8.54. The van der Waals surface area contributed by atoms with E-state index in [1.165, 1.54) is 34.0 Å². The number of allylic oxidation sites excluding steroid dienone is 4. The molecule has 0 spiro atoms. The van der Waals surface area contributed by atoms with Crippen LogP contribution in [0, 0.1) is 5.92 Å². The smallest absolute Gasteiger partial charge is 0.00879 e. The summed E-state index contributed by atoms with van der Waals surface area (Å²) in [4.78, 5) is 0. The summed E-state index contributed by atoms with van der Waals surface area (Å²) in [6, 6.07) is 8.86. The van der Waals surface area contributed by atoms with Crippen molar-refractivity contribution >= 4 is 28.2 Å². The summed E-state index contributed by atoms with van der Waals surface area (Å²) in [7, 11) is 0. The molecule has 15 heavy (non-hydrogen) atoms. The van der Waals surface area contributed by atoms with Crippen molar-refractivity contribution in [1.29, 1.82) is 0 Å². The van der Waals surface area contributed by atoms with Gasteiger partial charge in [0.2, 0.25) is 0 Å². The topological polar surface area (TPSA) is 0 Å². The van der Waals surface area contributed by atoms with Crippen LogP contribution in [0.25, 0.3) is 5.57 Å². The normalized spacial score (nSPS) is 23.7. The molecule has 0 nitrogen and oxygen atoms in total. The maximum atomic E-state index is 2.46. The van der Waals surface area contributed by atoms with Crippen LogP contribution in [0.2, 0.25) is 0 Å². The molecule has 1 aromatic rings. The first kappa shape index (κ1) is 9.64. The minimum absolute atomic E-state index is 0.775. The van der Waals surface area contributed by atoms with E-state index in [0.29, 0.717) is 0 Å². The molecule has 0 saturated heterocycles. The number of hydrogen-bond donors (Lipinski definition) is 0. The van der Waals surface area contributed by atoms with Gasteiger partial charge in [0.1, 0.15) is 0 Å². The predicted molar refractivity (Wildman–Crippen MR) is 73.0 cm³/mol. The zero-order valence-corrected chi connectivity index (χ0v) is 10.7. The first-order chi connectivity index (χ1) is 7.34. The highest BCUT2D eigenvalue weighted by molar-refractivity contribution is 14.1. The highest BCUT2D eigenvalue weighted by atomic mass is 127. The lowest BCUT2D eigenvalue weighted by atomic mass is 9.76. The summed E-state index contributed by atoms with van der Waals surface area (Å²) in [6.07, 6.45) is 8.43. The van der Waals surface area contributed by atoms with E-state index in [4.69, 9.17) is 0 Å². The highest BCUT2D eigenvalue weighted by Gasteiger charge is 2.25. The van der Waals surface area contributed by atoms with Crippen molar-refractivity contribution in [2.45, 2.75) is 19.3 Å². The molecular weight excluding hydrogens is 295 g/mol. The van der Waals surface area contributed by atoms with E-state index < -0.39 is 0 Å². The lowest BCUT2D eigenvalue weighted by Gasteiger charge is -2.29. The second-order valence-corrected chi connectivity index (χ2v) is 5.72. The van der Waals surface area contributed by atoms with E-state index in [9.17, 15) is 0 Å². The quantitative estimate of drug-likeness (QED) is 0.625.